The standard InChI is InChI=1S/C22H20ClN3O3S/c23-16-7-9-17(10-8-16)25-22(29)18-4-1-2-5-19(18)26-20(27)6-3-12-24-21(28)15-11-13-30-14-15/h1-2,4-5,7-11,13-14H,3,6,12H2,(H,24,28)(H,25,29)(H,26,27). The first-order chi connectivity index (χ1) is 14.5. The Morgan fingerprint density at radius 3 is 2.40 bits per heavy atom. The average molecular weight is 442 g/mol. The van der Waals surface area contributed by atoms with Crippen LogP contribution in [-0.4, -0.2) is 24.3 Å². The Morgan fingerprint density at radius 1 is 0.900 bits per heavy atom. The van der Waals surface area contributed by atoms with E-state index in [0.29, 0.717) is 40.5 Å². The van der Waals surface area contributed by atoms with Crippen LogP contribution in [-0.2, 0) is 4.79 Å². The minimum atomic E-state index is -0.337. The maximum atomic E-state index is 12.6. The zero-order chi connectivity index (χ0) is 21.3. The third-order valence-electron chi connectivity index (χ3n) is 4.20. The number of carbonyl (C=O) groups is 3. The number of rotatable bonds is 8. The van der Waals surface area contributed by atoms with Crippen LogP contribution in [0.1, 0.15) is 33.6 Å². The molecule has 0 saturated heterocycles. The highest BCUT2D eigenvalue weighted by molar-refractivity contribution is 7.08. The zero-order valence-corrected chi connectivity index (χ0v) is 17.6. The molecule has 1 aromatic heterocycles. The van der Waals surface area contributed by atoms with Gasteiger partial charge in [-0.05, 0) is 54.3 Å². The van der Waals surface area contributed by atoms with Gasteiger partial charge in [0.25, 0.3) is 11.8 Å². The van der Waals surface area contributed by atoms with Crippen LogP contribution in [0.3, 0.4) is 0 Å². The highest BCUT2D eigenvalue weighted by Gasteiger charge is 2.13. The number of halogens is 1. The van der Waals surface area contributed by atoms with Crippen molar-refractivity contribution in [2.75, 3.05) is 17.2 Å². The Kier molecular flexibility index (Phi) is 7.59. The van der Waals surface area contributed by atoms with Crippen molar-refractivity contribution in [2.45, 2.75) is 12.8 Å². The summed E-state index contributed by atoms with van der Waals surface area (Å²) in [5, 5.41) is 12.5. The summed E-state index contributed by atoms with van der Waals surface area (Å²) in [6.45, 7) is 0.390. The van der Waals surface area contributed by atoms with Crippen molar-refractivity contribution in [3.8, 4) is 0 Å². The van der Waals surface area contributed by atoms with Crippen LogP contribution in [0.2, 0.25) is 5.02 Å². The third-order valence-corrected chi connectivity index (χ3v) is 5.13. The van der Waals surface area contributed by atoms with E-state index in [1.807, 2.05) is 5.38 Å². The van der Waals surface area contributed by atoms with E-state index in [4.69, 9.17) is 11.6 Å². The average Bonchev–Trinajstić information content (AvgIpc) is 3.28. The zero-order valence-electron chi connectivity index (χ0n) is 16.0. The molecule has 8 heteroatoms. The normalized spacial score (nSPS) is 10.3. The van der Waals surface area contributed by atoms with E-state index in [1.165, 1.54) is 11.3 Å². The largest absolute Gasteiger partial charge is 0.352 e. The SMILES string of the molecule is O=C(CCCNC(=O)c1ccsc1)Nc1ccccc1C(=O)Nc1ccc(Cl)cc1. The second-order valence-electron chi connectivity index (χ2n) is 6.43. The molecule has 3 rings (SSSR count). The number of benzene rings is 2. The Morgan fingerprint density at radius 2 is 1.67 bits per heavy atom. The lowest BCUT2D eigenvalue weighted by atomic mass is 10.1. The molecule has 0 fully saturated rings. The molecule has 2 aromatic carbocycles. The first-order valence-corrected chi connectivity index (χ1v) is 10.6. The molecule has 1 heterocycles. The van der Waals surface area contributed by atoms with Crippen molar-refractivity contribution in [2.24, 2.45) is 0 Å². The molecule has 3 aromatic rings. The summed E-state index contributed by atoms with van der Waals surface area (Å²) in [6.07, 6.45) is 0.706. The quantitative estimate of drug-likeness (QED) is 0.438. The van der Waals surface area contributed by atoms with E-state index >= 15 is 0 Å². The van der Waals surface area contributed by atoms with Crippen LogP contribution in [0, 0.1) is 0 Å². The van der Waals surface area contributed by atoms with E-state index in [0.717, 1.165) is 0 Å². The smallest absolute Gasteiger partial charge is 0.257 e. The van der Waals surface area contributed by atoms with Gasteiger partial charge in [0.1, 0.15) is 0 Å². The van der Waals surface area contributed by atoms with Gasteiger partial charge in [0.2, 0.25) is 5.91 Å². The minimum Gasteiger partial charge on any atom is -0.352 e. The molecule has 6 nitrogen and oxygen atoms in total. The number of para-hydroxylation sites is 1. The highest BCUT2D eigenvalue weighted by Crippen LogP contribution is 2.19. The second-order valence-corrected chi connectivity index (χ2v) is 7.64. The van der Waals surface area contributed by atoms with Crippen molar-refractivity contribution in [1.29, 1.82) is 0 Å². The first-order valence-electron chi connectivity index (χ1n) is 9.29. The van der Waals surface area contributed by atoms with Crippen LogP contribution in [0.15, 0.2) is 65.4 Å². The van der Waals surface area contributed by atoms with E-state index in [2.05, 4.69) is 16.0 Å². The van der Waals surface area contributed by atoms with Crippen LogP contribution in [0.5, 0.6) is 0 Å². The molecule has 0 aliphatic heterocycles. The number of nitrogens with one attached hydrogen (secondary N) is 3. The van der Waals surface area contributed by atoms with Crippen LogP contribution in [0.25, 0.3) is 0 Å². The van der Waals surface area contributed by atoms with E-state index in [-0.39, 0.29) is 24.1 Å². The molecular formula is C22H20ClN3O3S. The molecule has 3 amide bonds. The fourth-order valence-corrected chi connectivity index (χ4v) is 3.44. The summed E-state index contributed by atoms with van der Waals surface area (Å²) in [6, 6.07) is 15.3. The Labute approximate surface area is 183 Å². The summed E-state index contributed by atoms with van der Waals surface area (Å²) in [5.41, 5.74) is 2.00. The number of carbonyl (C=O) groups excluding carboxylic acids is 3. The highest BCUT2D eigenvalue weighted by atomic mass is 35.5. The lowest BCUT2D eigenvalue weighted by molar-refractivity contribution is -0.116. The predicted molar refractivity (Wildman–Crippen MR) is 120 cm³/mol. The van der Waals surface area contributed by atoms with Crippen LogP contribution >= 0.6 is 22.9 Å². The Bertz CT molecular complexity index is 1020. The van der Waals surface area contributed by atoms with Crippen LogP contribution in [0.4, 0.5) is 11.4 Å². The van der Waals surface area contributed by atoms with E-state index in [9.17, 15) is 14.4 Å². The summed E-state index contributed by atoms with van der Waals surface area (Å²) in [7, 11) is 0. The molecule has 154 valence electrons. The van der Waals surface area contributed by atoms with Gasteiger partial charge in [0.05, 0.1) is 11.3 Å². The number of hydrogen-bond donors (Lipinski definition) is 3. The number of amides is 3. The fourth-order valence-electron chi connectivity index (χ4n) is 2.68. The number of anilines is 2. The van der Waals surface area contributed by atoms with E-state index < -0.39 is 0 Å². The monoisotopic (exact) mass is 441 g/mol. The first kappa shape index (κ1) is 21.5. The summed E-state index contributed by atoms with van der Waals surface area (Å²) < 4.78 is 0. The molecule has 0 radical (unpaired) electrons. The summed E-state index contributed by atoms with van der Waals surface area (Å²) in [5.74, 6) is -0.719. The third kappa shape index (κ3) is 6.17. The molecule has 0 bridgehead atoms. The summed E-state index contributed by atoms with van der Waals surface area (Å²) in [4.78, 5) is 36.8. The predicted octanol–water partition coefficient (Wildman–Crippen LogP) is 4.80. The molecule has 0 unspecified atom stereocenters. The summed E-state index contributed by atoms with van der Waals surface area (Å²) >= 11 is 7.31. The van der Waals surface area contributed by atoms with Gasteiger partial charge in [-0.25, -0.2) is 0 Å². The van der Waals surface area contributed by atoms with Gasteiger partial charge in [0, 0.05) is 34.6 Å². The van der Waals surface area contributed by atoms with Gasteiger partial charge < -0.3 is 16.0 Å². The van der Waals surface area contributed by atoms with Crippen molar-refractivity contribution in [3.63, 3.8) is 0 Å². The fraction of sp³-hybridized carbons (Fsp3) is 0.136. The van der Waals surface area contributed by atoms with Gasteiger partial charge in [-0.1, -0.05) is 23.7 Å². The minimum absolute atomic E-state index is 0.152. The van der Waals surface area contributed by atoms with E-state index in [1.54, 1.807) is 60.0 Å². The number of thiophene rings is 1. The van der Waals surface area contributed by atoms with Crippen molar-refractivity contribution < 1.29 is 14.4 Å². The molecule has 30 heavy (non-hydrogen) atoms. The molecule has 0 aliphatic carbocycles. The molecule has 0 aliphatic rings. The number of hydrogen-bond acceptors (Lipinski definition) is 4. The molecule has 3 N–H and O–H groups in total. The van der Waals surface area contributed by atoms with Gasteiger partial charge in [-0.3, -0.25) is 14.4 Å². The van der Waals surface area contributed by atoms with Crippen molar-refractivity contribution in [1.82, 2.24) is 5.32 Å². The van der Waals surface area contributed by atoms with Gasteiger partial charge in [-0.2, -0.15) is 11.3 Å². The van der Waals surface area contributed by atoms with Crippen molar-refractivity contribution in [3.05, 3.63) is 81.5 Å². The molecular weight excluding hydrogens is 422 g/mol. The van der Waals surface area contributed by atoms with Crippen molar-refractivity contribution >= 4 is 52.0 Å². The molecule has 0 atom stereocenters. The van der Waals surface area contributed by atoms with Gasteiger partial charge in [0.15, 0.2) is 0 Å². The maximum Gasteiger partial charge on any atom is 0.257 e. The second kappa shape index (κ2) is 10.6. The van der Waals surface area contributed by atoms with Gasteiger partial charge >= 0.3 is 0 Å². The topological polar surface area (TPSA) is 87.3 Å². The molecule has 0 saturated carbocycles. The maximum absolute atomic E-state index is 12.6. The lowest BCUT2D eigenvalue weighted by Gasteiger charge is -2.12. The van der Waals surface area contributed by atoms with Gasteiger partial charge in [-0.15, -0.1) is 0 Å². The molecule has 0 spiro atoms. The van der Waals surface area contributed by atoms with Crippen LogP contribution < -0.4 is 16.0 Å². The Hall–Kier alpha value is -3.16. The Balaban J connectivity index is 1.51. The lowest BCUT2D eigenvalue weighted by Crippen LogP contribution is -2.25.